The van der Waals surface area contributed by atoms with Crippen molar-refractivity contribution < 1.29 is 28.5 Å². The molecule has 2 aliphatic rings. The van der Waals surface area contributed by atoms with Gasteiger partial charge < -0.3 is 23.9 Å². The van der Waals surface area contributed by atoms with Crippen LogP contribution < -0.4 is 10.2 Å². The molecular formula is C23H26FNO6. The molecule has 1 saturated heterocycles. The van der Waals surface area contributed by atoms with E-state index >= 15 is 4.39 Å². The number of methoxy groups -OCH3 is 1. The van der Waals surface area contributed by atoms with Crippen LogP contribution in [0.5, 0.6) is 5.75 Å². The zero-order valence-electron chi connectivity index (χ0n) is 18.0. The van der Waals surface area contributed by atoms with Crippen molar-refractivity contribution in [3.63, 3.8) is 0 Å². The van der Waals surface area contributed by atoms with Crippen LogP contribution in [-0.4, -0.2) is 42.6 Å². The van der Waals surface area contributed by atoms with Crippen LogP contribution in [-0.2, 0) is 9.47 Å². The van der Waals surface area contributed by atoms with Gasteiger partial charge >= 0.3 is 5.97 Å². The van der Waals surface area contributed by atoms with Gasteiger partial charge in [0.2, 0.25) is 5.43 Å². The van der Waals surface area contributed by atoms with Crippen LogP contribution in [0.4, 0.5) is 4.39 Å². The van der Waals surface area contributed by atoms with Gasteiger partial charge in [-0.2, -0.15) is 0 Å². The van der Waals surface area contributed by atoms with Crippen LogP contribution in [0.15, 0.2) is 23.1 Å². The number of carboxylic acids is 1. The fourth-order valence-corrected chi connectivity index (χ4v) is 4.59. The minimum absolute atomic E-state index is 0.0962. The van der Waals surface area contributed by atoms with Crippen LogP contribution in [0.25, 0.3) is 11.3 Å². The van der Waals surface area contributed by atoms with Gasteiger partial charge in [0.05, 0.1) is 24.9 Å². The average Bonchev–Trinajstić information content (AvgIpc) is 3.03. The van der Waals surface area contributed by atoms with Crippen molar-refractivity contribution in [2.75, 3.05) is 26.9 Å². The van der Waals surface area contributed by atoms with E-state index in [4.69, 9.17) is 14.2 Å². The second-order valence-corrected chi connectivity index (χ2v) is 8.81. The summed E-state index contributed by atoms with van der Waals surface area (Å²) in [4.78, 5) is 24.0. The number of hydrogen-bond donors (Lipinski definition) is 1. The van der Waals surface area contributed by atoms with Gasteiger partial charge in [0.15, 0.2) is 5.82 Å². The molecule has 1 aromatic carbocycles. The highest BCUT2D eigenvalue weighted by atomic mass is 19.1. The largest absolute Gasteiger partial charge is 0.493 e. The van der Waals surface area contributed by atoms with Crippen LogP contribution in [0, 0.1) is 18.2 Å². The molecule has 31 heavy (non-hydrogen) atoms. The molecule has 1 N–H and O–H groups in total. The number of rotatable bonds is 6. The minimum Gasteiger partial charge on any atom is -0.493 e. The molecular weight excluding hydrogens is 405 g/mol. The number of benzene rings is 1. The van der Waals surface area contributed by atoms with E-state index in [1.54, 1.807) is 17.7 Å². The molecule has 1 aromatic heterocycles. The summed E-state index contributed by atoms with van der Waals surface area (Å²) in [5.41, 5.74) is 0.0417. The van der Waals surface area contributed by atoms with Crippen molar-refractivity contribution in [2.45, 2.75) is 39.3 Å². The first kappa shape index (κ1) is 21.5. The topological polar surface area (TPSA) is 87.0 Å². The van der Waals surface area contributed by atoms with Gasteiger partial charge in [0.25, 0.3) is 0 Å². The van der Waals surface area contributed by atoms with E-state index in [2.05, 4.69) is 0 Å². The second kappa shape index (κ2) is 7.76. The first-order valence-electron chi connectivity index (χ1n) is 10.2. The molecule has 0 saturated carbocycles. The van der Waals surface area contributed by atoms with E-state index in [1.807, 2.05) is 26.8 Å². The highest BCUT2D eigenvalue weighted by Crippen LogP contribution is 2.56. The first-order chi connectivity index (χ1) is 14.7. The number of aromatic nitrogens is 1. The molecule has 2 aromatic rings. The lowest BCUT2D eigenvalue weighted by atomic mass is 9.78. The predicted octanol–water partition coefficient (Wildman–Crippen LogP) is 3.73. The SMILES string of the molecule is COCCCOc1cc2c(cc1C)-c1c(F)c(=O)c(C(=O)O)cn1C1[C@H]2OCC1(C)C. The Bertz CT molecular complexity index is 1110. The Morgan fingerprint density at radius 3 is 2.77 bits per heavy atom. The van der Waals surface area contributed by atoms with Gasteiger partial charge in [-0.1, -0.05) is 13.8 Å². The van der Waals surface area contributed by atoms with Crippen LogP contribution in [0.2, 0.25) is 0 Å². The predicted molar refractivity (Wildman–Crippen MR) is 111 cm³/mol. The third kappa shape index (κ3) is 3.43. The summed E-state index contributed by atoms with van der Waals surface area (Å²) in [6.07, 6.45) is 1.57. The molecule has 0 radical (unpaired) electrons. The highest BCUT2D eigenvalue weighted by molar-refractivity contribution is 5.88. The molecule has 2 aliphatic heterocycles. The average molecular weight is 431 g/mol. The summed E-state index contributed by atoms with van der Waals surface area (Å²) in [5.74, 6) is -1.84. The van der Waals surface area contributed by atoms with Crippen LogP contribution in [0.3, 0.4) is 0 Å². The molecule has 1 unspecified atom stereocenters. The van der Waals surface area contributed by atoms with E-state index < -0.39 is 34.3 Å². The zero-order chi connectivity index (χ0) is 22.5. The summed E-state index contributed by atoms with van der Waals surface area (Å²) < 4.78 is 34.0. The molecule has 0 bridgehead atoms. The number of ether oxygens (including phenoxy) is 3. The molecule has 1 fully saturated rings. The van der Waals surface area contributed by atoms with Crippen molar-refractivity contribution in [2.24, 2.45) is 5.41 Å². The molecule has 4 rings (SSSR count). The molecule has 0 spiro atoms. The maximum atomic E-state index is 15.3. The normalized spacial score (nSPS) is 20.7. The van der Waals surface area contributed by atoms with E-state index in [0.717, 1.165) is 17.5 Å². The summed E-state index contributed by atoms with van der Waals surface area (Å²) in [5, 5.41) is 9.42. The fourth-order valence-electron chi connectivity index (χ4n) is 4.59. The van der Waals surface area contributed by atoms with E-state index in [9.17, 15) is 14.7 Å². The smallest absolute Gasteiger partial charge is 0.341 e. The lowest BCUT2D eigenvalue weighted by Crippen LogP contribution is -2.34. The molecule has 7 nitrogen and oxygen atoms in total. The molecule has 8 heteroatoms. The van der Waals surface area contributed by atoms with Crippen LogP contribution >= 0.6 is 0 Å². The highest BCUT2D eigenvalue weighted by Gasteiger charge is 2.50. The van der Waals surface area contributed by atoms with Gasteiger partial charge in [0.1, 0.15) is 17.4 Å². The van der Waals surface area contributed by atoms with Crippen molar-refractivity contribution in [1.82, 2.24) is 4.57 Å². The fraction of sp³-hybridized carbons (Fsp3) is 0.478. The Kier molecular flexibility index (Phi) is 5.39. The number of hydrogen-bond acceptors (Lipinski definition) is 5. The quantitative estimate of drug-likeness (QED) is 0.702. The third-order valence-corrected chi connectivity index (χ3v) is 6.09. The Balaban J connectivity index is 1.91. The Morgan fingerprint density at radius 1 is 1.35 bits per heavy atom. The summed E-state index contributed by atoms with van der Waals surface area (Å²) in [7, 11) is 1.63. The lowest BCUT2D eigenvalue weighted by Gasteiger charge is -2.38. The van der Waals surface area contributed by atoms with E-state index in [-0.39, 0.29) is 11.7 Å². The number of fused-ring (bicyclic) bond motifs is 6. The second-order valence-electron chi connectivity index (χ2n) is 8.81. The molecule has 0 amide bonds. The number of aromatic carboxylic acids is 1. The Hall–Kier alpha value is -2.71. The van der Waals surface area contributed by atoms with E-state index in [0.29, 0.717) is 31.1 Å². The number of carbonyl (C=O) groups is 1. The van der Waals surface area contributed by atoms with Gasteiger partial charge in [-0.3, -0.25) is 4.79 Å². The first-order valence-corrected chi connectivity index (χ1v) is 10.2. The van der Waals surface area contributed by atoms with Gasteiger partial charge in [-0.25, -0.2) is 9.18 Å². The summed E-state index contributed by atoms with van der Waals surface area (Å²) >= 11 is 0. The van der Waals surface area contributed by atoms with Crippen LogP contribution in [0.1, 0.15) is 53.9 Å². The summed E-state index contributed by atoms with van der Waals surface area (Å²) in [6.45, 7) is 7.29. The van der Waals surface area contributed by atoms with Crippen molar-refractivity contribution in [3.8, 4) is 17.0 Å². The standard InChI is InChI=1S/C23H26FNO6/c1-12-8-13-14(9-16(12)30-7-5-6-29-4)20-21(23(2,3)11-31-20)25-10-15(22(27)28)19(26)17(24)18(13)25/h8-10,20-21H,5-7,11H2,1-4H3,(H,27,28)/t20-,21?/m0/s1. The van der Waals surface area contributed by atoms with Crippen molar-refractivity contribution in [1.29, 1.82) is 0 Å². The number of pyridine rings is 1. The number of carboxylic acid groups (broad SMARTS) is 1. The van der Waals surface area contributed by atoms with E-state index in [1.165, 1.54) is 6.20 Å². The molecule has 166 valence electrons. The Morgan fingerprint density at radius 2 is 2.10 bits per heavy atom. The number of nitrogens with zero attached hydrogens (tertiary/aromatic N) is 1. The van der Waals surface area contributed by atoms with Crippen molar-refractivity contribution >= 4 is 5.97 Å². The summed E-state index contributed by atoms with van der Waals surface area (Å²) in [6, 6.07) is 3.27. The van der Waals surface area contributed by atoms with Gasteiger partial charge in [-0.05, 0) is 30.2 Å². The molecule has 0 aliphatic carbocycles. The van der Waals surface area contributed by atoms with Crippen molar-refractivity contribution in [3.05, 3.63) is 51.1 Å². The monoisotopic (exact) mass is 431 g/mol. The molecule has 3 heterocycles. The minimum atomic E-state index is -1.45. The maximum Gasteiger partial charge on any atom is 0.341 e. The zero-order valence-corrected chi connectivity index (χ0v) is 18.0. The number of aryl methyl sites for hydroxylation is 1. The Labute approximate surface area is 179 Å². The lowest BCUT2D eigenvalue weighted by molar-refractivity contribution is 0.0690. The maximum absolute atomic E-state index is 15.3. The number of halogens is 1. The van der Waals surface area contributed by atoms with Gasteiger partial charge in [-0.15, -0.1) is 0 Å². The van der Waals surface area contributed by atoms with Gasteiger partial charge in [0, 0.05) is 37.3 Å². The third-order valence-electron chi connectivity index (χ3n) is 6.09. The molecule has 2 atom stereocenters.